The predicted molar refractivity (Wildman–Crippen MR) is 33.1 cm³/mol. The molecule has 6 heteroatoms. The zero-order chi connectivity index (χ0) is 4.12. The molecule has 0 N–H and O–H groups in total. The molecule has 0 aliphatic heterocycles. The van der Waals surface area contributed by atoms with E-state index in [1.165, 1.54) is 0 Å². The average Bonchev–Trinajstić information content (AvgIpc) is 1.41. The molecule has 0 aliphatic carbocycles. The van der Waals surface area contributed by atoms with E-state index >= 15 is 0 Å². The van der Waals surface area contributed by atoms with Crippen LogP contribution in [0.4, 0.5) is 4.70 Å². The molecule has 0 aromatic rings. The van der Waals surface area contributed by atoms with Gasteiger partial charge in [-0.2, -0.15) is 0 Å². The van der Waals surface area contributed by atoms with Gasteiger partial charge in [0.1, 0.15) is 21.0 Å². The summed E-state index contributed by atoms with van der Waals surface area (Å²) in [7, 11) is 1.27. The van der Waals surface area contributed by atoms with Crippen molar-refractivity contribution in [3.8, 4) is 0 Å². The van der Waals surface area contributed by atoms with Gasteiger partial charge in [-0.15, -0.1) is 0 Å². The summed E-state index contributed by atoms with van der Waals surface area (Å²) in [4.78, 5) is 0. The minimum absolute atomic E-state index is 0. The zero-order valence-electron chi connectivity index (χ0n) is 3.93. The summed E-state index contributed by atoms with van der Waals surface area (Å²) < 4.78 is 9.56. The molecule has 0 radical (unpaired) electrons. The monoisotopic (exact) mass is 144 g/mol. The molecular weight excluding hydrogens is 135 g/mol. The molecule has 0 aromatic carbocycles. The van der Waals surface area contributed by atoms with Crippen LogP contribution >= 0.6 is 0 Å². The van der Waals surface area contributed by atoms with E-state index in [2.05, 4.69) is 0 Å². The van der Waals surface area contributed by atoms with E-state index in [9.17, 15) is 0 Å². The third-order valence-electron chi connectivity index (χ3n) is 0.236. The van der Waals surface area contributed by atoms with Crippen LogP contribution in [-0.4, -0.2) is 31.0 Å². The van der Waals surface area contributed by atoms with E-state index in [1.807, 2.05) is 0 Å². The molecule has 0 aromatic heterocycles. The van der Waals surface area contributed by atoms with Crippen LogP contribution in [0.1, 0.15) is 0 Å². The molecule has 0 fully saturated rings. The fraction of sp³-hybridized carbons (Fsp3) is 0. The second kappa shape index (κ2) is 9.09. The molecule has 2 nitrogen and oxygen atoms in total. The van der Waals surface area contributed by atoms with E-state index in [0.29, 0.717) is 0 Å². The van der Waals surface area contributed by atoms with Gasteiger partial charge in [-0.3, -0.25) is 4.70 Å². The van der Waals surface area contributed by atoms with Crippen LogP contribution in [0.5, 0.6) is 0 Å². The van der Waals surface area contributed by atoms with E-state index in [-0.39, 0.29) is 4.70 Å². The number of halogens is 1. The molecular formula is H9FO2Si3. The third-order valence-corrected chi connectivity index (χ3v) is 2.12. The summed E-state index contributed by atoms with van der Waals surface area (Å²) in [5.74, 6) is 0. The Morgan fingerprint density at radius 3 is 1.50 bits per heavy atom. The maximum atomic E-state index is 4.78. The standard InChI is InChI=1S/FH.H8O2Si3/c;3-1-5-2-4/h1H;5H2,3-4H3. The largest absolute Gasteiger partial charge is 0.449 e. The van der Waals surface area contributed by atoms with E-state index in [1.54, 1.807) is 0 Å². The van der Waals surface area contributed by atoms with Crippen LogP contribution in [0.3, 0.4) is 0 Å². The minimum atomic E-state index is -0.444. The summed E-state index contributed by atoms with van der Waals surface area (Å²) in [6, 6.07) is 0. The molecule has 0 heterocycles. The Bertz CT molecular complexity index is 16.3. The highest BCUT2D eigenvalue weighted by Gasteiger charge is 1.66. The van der Waals surface area contributed by atoms with Gasteiger partial charge in [-0.05, 0) is 0 Å². The summed E-state index contributed by atoms with van der Waals surface area (Å²) >= 11 is 0. The Balaban J connectivity index is 0. The fourth-order valence-electron chi connectivity index (χ4n) is 0.118. The van der Waals surface area contributed by atoms with Gasteiger partial charge in [-0.25, -0.2) is 0 Å². The second-order valence-electron chi connectivity index (χ2n) is 0.695. The van der Waals surface area contributed by atoms with Crippen LogP contribution in [0.15, 0.2) is 0 Å². The zero-order valence-corrected chi connectivity index (χ0v) is 9.35. The molecule has 0 bridgehead atoms. The minimum Gasteiger partial charge on any atom is -0.449 e. The van der Waals surface area contributed by atoms with Crippen molar-refractivity contribution in [2.24, 2.45) is 0 Å². The van der Waals surface area contributed by atoms with Gasteiger partial charge < -0.3 is 8.23 Å². The van der Waals surface area contributed by atoms with Crippen molar-refractivity contribution in [3.63, 3.8) is 0 Å². The van der Waals surface area contributed by atoms with Gasteiger partial charge in [0.25, 0.3) is 10.0 Å². The normalized spacial score (nSPS) is 10.0. The number of rotatable bonds is 2. The highest BCUT2D eigenvalue weighted by molar-refractivity contribution is 6.33. The van der Waals surface area contributed by atoms with Gasteiger partial charge in [-0.1, -0.05) is 0 Å². The summed E-state index contributed by atoms with van der Waals surface area (Å²) in [6.45, 7) is 0. The maximum Gasteiger partial charge on any atom is 0.282 e. The van der Waals surface area contributed by atoms with Crippen molar-refractivity contribution in [3.05, 3.63) is 0 Å². The van der Waals surface area contributed by atoms with Gasteiger partial charge in [0.15, 0.2) is 0 Å². The molecule has 0 spiro atoms. The number of hydrogen-bond acceptors (Lipinski definition) is 2. The van der Waals surface area contributed by atoms with Gasteiger partial charge >= 0.3 is 0 Å². The molecule has 0 saturated heterocycles. The Hall–Kier alpha value is 0.501. The van der Waals surface area contributed by atoms with E-state index in [0.717, 1.165) is 21.0 Å². The Morgan fingerprint density at radius 1 is 1.17 bits per heavy atom. The Morgan fingerprint density at radius 2 is 1.50 bits per heavy atom. The third kappa shape index (κ3) is 8.82. The topological polar surface area (TPSA) is 18.5 Å². The molecule has 0 rings (SSSR count). The first kappa shape index (κ1) is 9.71. The molecule has 6 heavy (non-hydrogen) atoms. The lowest BCUT2D eigenvalue weighted by molar-refractivity contribution is 0.513. The molecule has 0 atom stereocenters. The van der Waals surface area contributed by atoms with Crippen LogP contribution in [0.2, 0.25) is 0 Å². The molecule has 0 aliphatic rings. The van der Waals surface area contributed by atoms with Crippen molar-refractivity contribution in [1.29, 1.82) is 0 Å². The highest BCUT2D eigenvalue weighted by Crippen LogP contribution is 1.52. The number of hydrogen-bond donors (Lipinski definition) is 0. The van der Waals surface area contributed by atoms with Crippen LogP contribution < -0.4 is 0 Å². The van der Waals surface area contributed by atoms with Gasteiger partial charge in [0, 0.05) is 0 Å². The first-order valence-electron chi connectivity index (χ1n) is 1.39. The first-order chi connectivity index (χ1) is 2.41. The lowest BCUT2D eigenvalue weighted by atomic mass is 15.8. The van der Waals surface area contributed by atoms with E-state index in [4.69, 9.17) is 8.23 Å². The molecule has 0 unspecified atom stereocenters. The first-order valence-corrected chi connectivity index (χ1v) is 4.18. The Kier molecular flexibility index (Phi) is 14.7. The van der Waals surface area contributed by atoms with Crippen LogP contribution in [-0.2, 0) is 8.23 Å². The highest BCUT2D eigenvalue weighted by atomic mass is 28.3. The average molecular weight is 144 g/mol. The molecule has 40 valence electrons. The van der Waals surface area contributed by atoms with E-state index < -0.39 is 10.0 Å². The van der Waals surface area contributed by atoms with Crippen LogP contribution in [0.25, 0.3) is 0 Å². The smallest absolute Gasteiger partial charge is 0.282 e. The quantitative estimate of drug-likeness (QED) is 0.379. The lowest BCUT2D eigenvalue weighted by Crippen LogP contribution is -1.96. The van der Waals surface area contributed by atoms with Crippen molar-refractivity contribution < 1.29 is 12.9 Å². The van der Waals surface area contributed by atoms with Gasteiger partial charge in [0.2, 0.25) is 0 Å². The maximum absolute atomic E-state index is 4.78. The second-order valence-corrected chi connectivity index (χ2v) is 5.55. The van der Waals surface area contributed by atoms with Crippen molar-refractivity contribution in [2.75, 3.05) is 0 Å². The SMILES string of the molecule is F.[SiH3]O[SiH2]O[SiH3]. The summed E-state index contributed by atoms with van der Waals surface area (Å²) in [5.41, 5.74) is 0. The van der Waals surface area contributed by atoms with Crippen molar-refractivity contribution in [2.45, 2.75) is 0 Å². The summed E-state index contributed by atoms with van der Waals surface area (Å²) in [5, 5.41) is 0. The molecule has 0 saturated carbocycles. The molecule has 0 amide bonds. The lowest BCUT2D eigenvalue weighted by Gasteiger charge is -1.87. The Labute approximate surface area is 44.7 Å². The van der Waals surface area contributed by atoms with Crippen molar-refractivity contribution in [1.82, 2.24) is 0 Å². The fourth-order valence-corrected chi connectivity index (χ4v) is 3.18. The predicted octanol–water partition coefficient (Wildman–Crippen LogP) is -3.27. The van der Waals surface area contributed by atoms with Crippen LogP contribution in [0, 0.1) is 0 Å². The summed E-state index contributed by atoms with van der Waals surface area (Å²) in [6.07, 6.45) is 0. The van der Waals surface area contributed by atoms with Crippen molar-refractivity contribution >= 4 is 31.0 Å². The van der Waals surface area contributed by atoms with Gasteiger partial charge in [0.05, 0.1) is 0 Å².